The van der Waals surface area contributed by atoms with Crippen molar-refractivity contribution in [2.75, 3.05) is 17.6 Å². The topological polar surface area (TPSA) is 37.8 Å². The van der Waals surface area contributed by atoms with Crippen molar-refractivity contribution < 1.29 is 0 Å². The summed E-state index contributed by atoms with van der Waals surface area (Å²) >= 11 is 2.06. The van der Waals surface area contributed by atoms with Gasteiger partial charge in [0.2, 0.25) is 5.95 Å². The third kappa shape index (κ3) is 2.87. The zero-order chi connectivity index (χ0) is 9.64. The van der Waals surface area contributed by atoms with Crippen LogP contribution in [-0.2, 0) is 0 Å². The Hall–Kier alpha value is -0.770. The summed E-state index contributed by atoms with van der Waals surface area (Å²) in [4.78, 5) is 8.26. The van der Waals surface area contributed by atoms with Crippen molar-refractivity contribution in [3.63, 3.8) is 0 Å². The first-order chi connectivity index (χ1) is 6.95. The molecule has 0 radical (unpaired) electrons. The predicted octanol–water partition coefficient (Wildman–Crippen LogP) is 2.17. The van der Waals surface area contributed by atoms with Crippen LogP contribution in [0, 0.1) is 0 Å². The summed E-state index contributed by atoms with van der Waals surface area (Å²) < 4.78 is 0. The molecule has 0 saturated carbocycles. The highest BCUT2D eigenvalue weighted by molar-refractivity contribution is 7.99. The highest BCUT2D eigenvalue weighted by atomic mass is 32.2. The number of aromatic nitrogens is 2. The molecule has 1 aliphatic heterocycles. The van der Waals surface area contributed by atoms with E-state index in [-0.39, 0.29) is 0 Å². The van der Waals surface area contributed by atoms with Crippen molar-refractivity contribution in [3.8, 4) is 0 Å². The fourth-order valence-electron chi connectivity index (χ4n) is 1.56. The number of nitrogens with one attached hydrogen (secondary N) is 1. The molecule has 76 valence electrons. The average molecular weight is 209 g/mol. The molecule has 1 aromatic rings. The maximum absolute atomic E-state index is 4.13. The lowest BCUT2D eigenvalue weighted by molar-refractivity contribution is 0.676. The number of rotatable bonds is 3. The lowest BCUT2D eigenvalue weighted by Crippen LogP contribution is -2.20. The molecule has 1 saturated heterocycles. The van der Waals surface area contributed by atoms with Crippen LogP contribution in [0.5, 0.6) is 0 Å². The molecule has 1 aromatic heterocycles. The van der Waals surface area contributed by atoms with Crippen LogP contribution < -0.4 is 5.32 Å². The molecule has 4 heteroatoms. The Morgan fingerprint density at radius 1 is 1.36 bits per heavy atom. The van der Waals surface area contributed by atoms with Crippen LogP contribution in [0.25, 0.3) is 0 Å². The van der Waals surface area contributed by atoms with Crippen molar-refractivity contribution in [1.82, 2.24) is 9.97 Å². The van der Waals surface area contributed by atoms with E-state index in [1.165, 1.54) is 25.0 Å². The fourth-order valence-corrected chi connectivity index (χ4v) is 2.80. The van der Waals surface area contributed by atoms with Gasteiger partial charge in [-0.2, -0.15) is 11.8 Å². The SMILES string of the molecule is c1cnc(NCC2CCCCS2)nc1. The molecule has 1 aliphatic rings. The maximum Gasteiger partial charge on any atom is 0.222 e. The Morgan fingerprint density at radius 3 is 2.93 bits per heavy atom. The van der Waals surface area contributed by atoms with Crippen molar-refractivity contribution in [2.45, 2.75) is 24.5 Å². The molecule has 1 unspecified atom stereocenters. The molecule has 1 fully saturated rings. The quantitative estimate of drug-likeness (QED) is 0.828. The second-order valence-corrected chi connectivity index (χ2v) is 4.85. The van der Waals surface area contributed by atoms with E-state index < -0.39 is 0 Å². The molecular formula is C10H15N3S. The van der Waals surface area contributed by atoms with Crippen LogP contribution in [0.1, 0.15) is 19.3 Å². The van der Waals surface area contributed by atoms with Gasteiger partial charge in [0.25, 0.3) is 0 Å². The van der Waals surface area contributed by atoms with Crippen LogP contribution in [0.3, 0.4) is 0 Å². The van der Waals surface area contributed by atoms with Gasteiger partial charge < -0.3 is 5.32 Å². The van der Waals surface area contributed by atoms with Gasteiger partial charge in [-0.15, -0.1) is 0 Å². The van der Waals surface area contributed by atoms with E-state index in [9.17, 15) is 0 Å². The normalized spacial score (nSPS) is 21.9. The van der Waals surface area contributed by atoms with Gasteiger partial charge in [0.05, 0.1) is 0 Å². The largest absolute Gasteiger partial charge is 0.353 e. The molecule has 1 atom stereocenters. The van der Waals surface area contributed by atoms with Gasteiger partial charge in [-0.25, -0.2) is 9.97 Å². The molecule has 0 amide bonds. The Bertz CT molecular complexity index is 259. The number of hydrogen-bond donors (Lipinski definition) is 1. The molecule has 0 spiro atoms. The minimum absolute atomic E-state index is 0.743. The molecule has 1 N–H and O–H groups in total. The smallest absolute Gasteiger partial charge is 0.222 e. The zero-order valence-corrected chi connectivity index (χ0v) is 8.96. The van der Waals surface area contributed by atoms with Crippen molar-refractivity contribution in [2.24, 2.45) is 0 Å². The second-order valence-electron chi connectivity index (χ2n) is 3.44. The first kappa shape index (κ1) is 9.77. The van der Waals surface area contributed by atoms with Crippen molar-refractivity contribution in [3.05, 3.63) is 18.5 Å². The van der Waals surface area contributed by atoms with Gasteiger partial charge in [0, 0.05) is 24.2 Å². The highest BCUT2D eigenvalue weighted by Gasteiger charge is 2.13. The molecule has 3 nitrogen and oxygen atoms in total. The molecule has 0 bridgehead atoms. The minimum Gasteiger partial charge on any atom is -0.353 e. The number of nitrogens with zero attached hydrogens (tertiary/aromatic N) is 2. The Balaban J connectivity index is 1.76. The first-order valence-electron chi connectivity index (χ1n) is 5.07. The van der Waals surface area contributed by atoms with Gasteiger partial charge in [0.1, 0.15) is 0 Å². The van der Waals surface area contributed by atoms with Gasteiger partial charge >= 0.3 is 0 Å². The summed E-state index contributed by atoms with van der Waals surface area (Å²) in [7, 11) is 0. The van der Waals surface area contributed by atoms with E-state index in [0.717, 1.165) is 17.7 Å². The van der Waals surface area contributed by atoms with Gasteiger partial charge in [-0.05, 0) is 24.7 Å². The molecule has 0 aliphatic carbocycles. The number of hydrogen-bond acceptors (Lipinski definition) is 4. The van der Waals surface area contributed by atoms with E-state index in [1.54, 1.807) is 12.4 Å². The third-order valence-corrected chi connectivity index (χ3v) is 3.73. The summed E-state index contributed by atoms with van der Waals surface area (Å²) in [5.41, 5.74) is 0. The van der Waals surface area contributed by atoms with Gasteiger partial charge in [0.15, 0.2) is 0 Å². The summed E-state index contributed by atoms with van der Waals surface area (Å²) in [5, 5.41) is 4.01. The summed E-state index contributed by atoms with van der Waals surface area (Å²) in [6, 6.07) is 1.83. The van der Waals surface area contributed by atoms with Crippen LogP contribution in [0.2, 0.25) is 0 Å². The lowest BCUT2D eigenvalue weighted by atomic mass is 10.2. The molecule has 2 heterocycles. The van der Waals surface area contributed by atoms with Crippen molar-refractivity contribution in [1.29, 1.82) is 0 Å². The zero-order valence-electron chi connectivity index (χ0n) is 8.15. The molecule has 14 heavy (non-hydrogen) atoms. The van der Waals surface area contributed by atoms with E-state index in [2.05, 4.69) is 27.0 Å². The highest BCUT2D eigenvalue weighted by Crippen LogP contribution is 2.24. The Labute approximate surface area is 88.7 Å². The lowest BCUT2D eigenvalue weighted by Gasteiger charge is -2.21. The Kier molecular flexibility index (Phi) is 3.63. The van der Waals surface area contributed by atoms with Crippen molar-refractivity contribution >= 4 is 17.7 Å². The number of anilines is 1. The molecule has 2 rings (SSSR count). The van der Waals surface area contributed by atoms with E-state index in [1.807, 2.05) is 6.07 Å². The van der Waals surface area contributed by atoms with Gasteiger partial charge in [-0.1, -0.05) is 6.42 Å². The van der Waals surface area contributed by atoms with Crippen LogP contribution in [0.15, 0.2) is 18.5 Å². The van der Waals surface area contributed by atoms with Crippen LogP contribution in [0.4, 0.5) is 5.95 Å². The maximum atomic E-state index is 4.13. The molecular weight excluding hydrogens is 194 g/mol. The summed E-state index contributed by atoms with van der Waals surface area (Å²) in [5.74, 6) is 2.06. The fraction of sp³-hybridized carbons (Fsp3) is 0.600. The standard InChI is InChI=1S/C10H15N3S/c1-2-7-14-9(4-1)8-13-10-11-5-3-6-12-10/h3,5-6,9H,1-2,4,7-8H2,(H,11,12,13). The third-order valence-electron chi connectivity index (χ3n) is 2.33. The monoisotopic (exact) mass is 209 g/mol. The van der Waals surface area contributed by atoms with Crippen LogP contribution >= 0.6 is 11.8 Å². The second kappa shape index (κ2) is 5.20. The van der Waals surface area contributed by atoms with E-state index >= 15 is 0 Å². The Morgan fingerprint density at radius 2 is 2.21 bits per heavy atom. The number of thioether (sulfide) groups is 1. The summed E-state index contributed by atoms with van der Waals surface area (Å²) in [6.45, 7) is 0.995. The van der Waals surface area contributed by atoms with E-state index in [4.69, 9.17) is 0 Å². The minimum atomic E-state index is 0.743. The molecule has 0 aromatic carbocycles. The first-order valence-corrected chi connectivity index (χ1v) is 6.12. The van der Waals surface area contributed by atoms with Crippen LogP contribution in [-0.4, -0.2) is 27.5 Å². The summed E-state index contributed by atoms with van der Waals surface area (Å²) in [6.07, 6.45) is 7.61. The van der Waals surface area contributed by atoms with Gasteiger partial charge in [-0.3, -0.25) is 0 Å². The van der Waals surface area contributed by atoms with E-state index in [0.29, 0.717) is 0 Å². The predicted molar refractivity (Wildman–Crippen MR) is 60.6 cm³/mol. The average Bonchev–Trinajstić information content (AvgIpc) is 2.29.